The fourth-order valence-corrected chi connectivity index (χ4v) is 2.96. The highest BCUT2D eigenvalue weighted by molar-refractivity contribution is 7.99. The average molecular weight is 414 g/mol. The number of hydrogen-bond donors (Lipinski definition) is 0. The van der Waals surface area contributed by atoms with Crippen molar-refractivity contribution in [1.29, 1.82) is 0 Å². The molecule has 28 heavy (non-hydrogen) atoms. The molecule has 0 saturated heterocycles. The number of hydrogen-bond acceptors (Lipinski definition) is 8. The Labute approximate surface area is 162 Å². The van der Waals surface area contributed by atoms with Crippen molar-refractivity contribution in [3.8, 4) is 11.4 Å². The molecule has 0 radical (unpaired) electrons. The number of thioether (sulfide) groups is 1. The summed E-state index contributed by atoms with van der Waals surface area (Å²) in [6, 6.07) is 5.24. The van der Waals surface area contributed by atoms with Gasteiger partial charge in [0.05, 0.1) is 10.9 Å². The van der Waals surface area contributed by atoms with E-state index in [0.717, 1.165) is 0 Å². The zero-order chi connectivity index (χ0) is 20.5. The number of halogens is 3. The van der Waals surface area contributed by atoms with Crippen molar-refractivity contribution in [3.63, 3.8) is 0 Å². The van der Waals surface area contributed by atoms with Gasteiger partial charge < -0.3 is 9.26 Å². The van der Waals surface area contributed by atoms with Gasteiger partial charge in [0.25, 0.3) is 0 Å². The van der Waals surface area contributed by atoms with Gasteiger partial charge in [-0.25, -0.2) is 0 Å². The second kappa shape index (κ2) is 7.41. The molecule has 0 spiro atoms. The molecule has 8 nitrogen and oxygen atoms in total. The van der Waals surface area contributed by atoms with Crippen LogP contribution in [-0.4, -0.2) is 36.7 Å². The zero-order valence-corrected chi connectivity index (χ0v) is 16.2. The number of aromatic nitrogens is 6. The molecule has 150 valence electrons. The normalized spacial score (nSPS) is 13.5. The van der Waals surface area contributed by atoms with Crippen LogP contribution in [0.2, 0.25) is 0 Å². The van der Waals surface area contributed by atoms with Crippen LogP contribution in [0.4, 0.5) is 13.2 Å². The highest BCUT2D eigenvalue weighted by Gasteiger charge is 2.31. The molecule has 0 fully saturated rings. The first-order valence-corrected chi connectivity index (χ1v) is 9.06. The van der Waals surface area contributed by atoms with Crippen molar-refractivity contribution in [2.75, 3.05) is 0 Å². The van der Waals surface area contributed by atoms with E-state index >= 15 is 0 Å². The van der Waals surface area contributed by atoms with Gasteiger partial charge in [-0.1, -0.05) is 37.7 Å². The lowest BCUT2D eigenvalue weighted by molar-refractivity contribution is -0.274. The number of ether oxygens (including phenoxy) is 1. The first-order chi connectivity index (χ1) is 13.0. The number of benzene rings is 1. The van der Waals surface area contributed by atoms with Gasteiger partial charge in [-0.2, -0.15) is 9.67 Å². The van der Waals surface area contributed by atoms with Gasteiger partial charge in [-0.15, -0.1) is 18.3 Å². The Bertz CT molecular complexity index is 933. The molecule has 1 aromatic carbocycles. The SMILES string of the molecule is CC(Sc1nnnn1-c1ccc(OC(F)(F)F)cc1)c1nc(C(C)(C)C)no1. The standard InChI is InChI=1S/C16H17F3N6O2S/c1-9(12-20-13(22-27-12)15(2,3)4)28-14-21-23-24-25(14)10-5-7-11(8-6-10)26-16(17,18)19/h5-9H,1-4H3. The van der Waals surface area contributed by atoms with Crippen LogP contribution in [0.3, 0.4) is 0 Å². The number of nitrogens with zero attached hydrogens (tertiary/aromatic N) is 6. The molecule has 0 bridgehead atoms. The van der Waals surface area contributed by atoms with E-state index in [1.165, 1.54) is 40.7 Å². The third-order valence-electron chi connectivity index (χ3n) is 3.50. The lowest BCUT2D eigenvalue weighted by atomic mass is 9.96. The minimum absolute atomic E-state index is 0.235. The topological polar surface area (TPSA) is 91.8 Å². The number of alkyl halides is 3. The molecule has 12 heteroatoms. The molecule has 1 atom stereocenters. The van der Waals surface area contributed by atoms with Gasteiger partial charge in [0.1, 0.15) is 5.75 Å². The van der Waals surface area contributed by atoms with Crippen LogP contribution in [-0.2, 0) is 5.41 Å². The molecular formula is C16H17F3N6O2S. The summed E-state index contributed by atoms with van der Waals surface area (Å²) in [7, 11) is 0. The third-order valence-corrected chi connectivity index (χ3v) is 4.52. The van der Waals surface area contributed by atoms with Gasteiger partial charge in [0.2, 0.25) is 11.0 Å². The van der Waals surface area contributed by atoms with Crippen LogP contribution in [0.5, 0.6) is 5.75 Å². The minimum atomic E-state index is -4.75. The van der Waals surface area contributed by atoms with E-state index in [1.807, 2.05) is 27.7 Å². The van der Waals surface area contributed by atoms with Gasteiger partial charge in [0.15, 0.2) is 5.82 Å². The first kappa shape index (κ1) is 20.1. The van der Waals surface area contributed by atoms with Crippen LogP contribution in [0.15, 0.2) is 33.9 Å². The lowest BCUT2D eigenvalue weighted by Crippen LogP contribution is -2.17. The van der Waals surface area contributed by atoms with E-state index in [1.54, 1.807) is 0 Å². The van der Waals surface area contributed by atoms with Gasteiger partial charge in [-0.05, 0) is 41.6 Å². The molecule has 1 unspecified atom stereocenters. The Hall–Kier alpha value is -2.63. The summed E-state index contributed by atoms with van der Waals surface area (Å²) < 4.78 is 47.4. The minimum Gasteiger partial charge on any atom is -0.406 e. The van der Waals surface area contributed by atoms with Crippen molar-refractivity contribution >= 4 is 11.8 Å². The summed E-state index contributed by atoms with van der Waals surface area (Å²) in [6.07, 6.45) is -4.75. The molecule has 2 aromatic heterocycles. The highest BCUT2D eigenvalue weighted by atomic mass is 32.2. The van der Waals surface area contributed by atoms with Crippen LogP contribution in [0.1, 0.15) is 44.7 Å². The maximum absolute atomic E-state index is 12.3. The highest BCUT2D eigenvalue weighted by Crippen LogP contribution is 2.34. The van der Waals surface area contributed by atoms with Crippen LogP contribution < -0.4 is 4.74 Å². The van der Waals surface area contributed by atoms with E-state index in [9.17, 15) is 13.2 Å². The van der Waals surface area contributed by atoms with E-state index in [-0.39, 0.29) is 16.4 Å². The maximum atomic E-state index is 12.3. The Morgan fingerprint density at radius 1 is 1.14 bits per heavy atom. The monoisotopic (exact) mass is 414 g/mol. The fourth-order valence-electron chi connectivity index (χ4n) is 2.12. The molecule has 3 rings (SSSR count). The summed E-state index contributed by atoms with van der Waals surface area (Å²) in [6.45, 7) is 7.80. The van der Waals surface area contributed by atoms with Gasteiger partial charge in [0, 0.05) is 5.41 Å². The van der Waals surface area contributed by atoms with E-state index in [0.29, 0.717) is 22.6 Å². The molecular weight excluding hydrogens is 397 g/mol. The fraction of sp³-hybridized carbons (Fsp3) is 0.438. The molecule has 3 aromatic rings. The number of tetrazole rings is 1. The Morgan fingerprint density at radius 2 is 1.82 bits per heavy atom. The molecule has 0 saturated carbocycles. The Kier molecular flexibility index (Phi) is 5.33. The lowest BCUT2D eigenvalue weighted by Gasteiger charge is -2.11. The molecule has 0 amide bonds. The zero-order valence-electron chi connectivity index (χ0n) is 15.4. The second-order valence-corrected chi connectivity index (χ2v) is 8.19. The predicted octanol–water partition coefficient (Wildman–Crippen LogP) is 4.09. The summed E-state index contributed by atoms with van der Waals surface area (Å²) in [5, 5.41) is 15.7. The Morgan fingerprint density at radius 3 is 2.39 bits per heavy atom. The van der Waals surface area contributed by atoms with Crippen molar-refractivity contribution in [1.82, 2.24) is 30.3 Å². The molecule has 2 heterocycles. The summed E-state index contributed by atoms with van der Waals surface area (Å²) >= 11 is 1.28. The predicted molar refractivity (Wildman–Crippen MR) is 93.1 cm³/mol. The molecule has 0 N–H and O–H groups in total. The first-order valence-electron chi connectivity index (χ1n) is 8.18. The summed E-state index contributed by atoms with van der Waals surface area (Å²) in [4.78, 5) is 4.41. The van der Waals surface area contributed by atoms with E-state index < -0.39 is 6.36 Å². The number of rotatable bonds is 5. The van der Waals surface area contributed by atoms with E-state index in [4.69, 9.17) is 4.52 Å². The average Bonchev–Trinajstić information content (AvgIpc) is 3.23. The summed E-state index contributed by atoms with van der Waals surface area (Å²) in [5.74, 6) is 0.695. The molecule has 0 aliphatic heterocycles. The van der Waals surface area contributed by atoms with Crippen molar-refractivity contribution < 1.29 is 22.4 Å². The Balaban J connectivity index is 1.76. The van der Waals surface area contributed by atoms with Gasteiger partial charge in [-0.3, -0.25) is 0 Å². The van der Waals surface area contributed by atoms with Crippen molar-refractivity contribution in [2.45, 2.75) is 49.9 Å². The van der Waals surface area contributed by atoms with E-state index in [2.05, 4.69) is 30.4 Å². The third kappa shape index (κ3) is 4.80. The second-order valence-electron chi connectivity index (χ2n) is 6.88. The van der Waals surface area contributed by atoms with Crippen molar-refractivity contribution in [2.24, 2.45) is 0 Å². The van der Waals surface area contributed by atoms with Crippen LogP contribution >= 0.6 is 11.8 Å². The smallest absolute Gasteiger partial charge is 0.406 e. The summed E-state index contributed by atoms with van der Waals surface area (Å²) in [5.41, 5.74) is 0.239. The van der Waals surface area contributed by atoms with Crippen LogP contribution in [0.25, 0.3) is 5.69 Å². The maximum Gasteiger partial charge on any atom is 0.573 e. The quantitative estimate of drug-likeness (QED) is 0.577. The van der Waals surface area contributed by atoms with Crippen molar-refractivity contribution in [3.05, 3.63) is 36.0 Å². The van der Waals surface area contributed by atoms with Gasteiger partial charge >= 0.3 is 6.36 Å². The molecule has 0 aliphatic rings. The van der Waals surface area contributed by atoms with Crippen LogP contribution in [0, 0.1) is 0 Å². The molecule has 0 aliphatic carbocycles. The largest absolute Gasteiger partial charge is 0.573 e.